The Bertz CT molecular complexity index is 1470. The van der Waals surface area contributed by atoms with Crippen molar-refractivity contribution in [1.29, 1.82) is 0 Å². The smallest absolute Gasteiger partial charge is 0.359 e. The minimum absolute atomic E-state index is 0.0367. The van der Waals surface area contributed by atoms with E-state index in [2.05, 4.69) is 22.4 Å². The number of pyridine rings is 1. The Hall–Kier alpha value is -4.24. The topological polar surface area (TPSA) is 93.0 Å². The Balaban J connectivity index is 1.16. The maximum Gasteiger partial charge on any atom is 0.359 e. The molecule has 9 heteroatoms. The molecule has 0 unspecified atom stereocenters. The van der Waals surface area contributed by atoms with Crippen molar-refractivity contribution in [3.63, 3.8) is 0 Å². The number of piperidine rings is 1. The van der Waals surface area contributed by atoms with Gasteiger partial charge in [0.1, 0.15) is 6.33 Å². The number of carbonyl (C=O) groups is 3. The first-order valence-corrected chi connectivity index (χ1v) is 13.5. The zero-order chi connectivity index (χ0) is 26.5. The number of likely N-dealkylation sites (tertiary alicyclic amines) is 1. The van der Waals surface area contributed by atoms with E-state index in [1.165, 1.54) is 18.0 Å². The molecule has 38 heavy (non-hydrogen) atoms. The number of ether oxygens (including phenoxy) is 1. The number of amides is 2. The summed E-state index contributed by atoms with van der Waals surface area (Å²) in [6.45, 7) is 3.34. The van der Waals surface area contributed by atoms with Crippen molar-refractivity contribution < 1.29 is 19.1 Å². The molecule has 0 bridgehead atoms. The third-order valence-electron chi connectivity index (χ3n) is 6.62. The molecular weight excluding hydrogens is 500 g/mol. The fourth-order valence-electron chi connectivity index (χ4n) is 4.65. The summed E-state index contributed by atoms with van der Waals surface area (Å²) in [5, 5.41) is 4.87. The number of hydrogen-bond acceptors (Lipinski definition) is 6. The third kappa shape index (κ3) is 5.68. The van der Waals surface area contributed by atoms with Crippen molar-refractivity contribution in [1.82, 2.24) is 14.3 Å². The number of esters is 1. The second kappa shape index (κ2) is 11.4. The zero-order valence-electron chi connectivity index (χ0n) is 21.0. The van der Waals surface area contributed by atoms with E-state index in [0.29, 0.717) is 30.1 Å². The van der Waals surface area contributed by atoms with Crippen LogP contribution in [0.4, 0.5) is 5.69 Å². The molecule has 3 aromatic heterocycles. The molecule has 5 rings (SSSR count). The second-order valence-corrected chi connectivity index (χ2v) is 10.0. The Morgan fingerprint density at radius 3 is 2.61 bits per heavy atom. The minimum Gasteiger partial charge on any atom is -0.461 e. The van der Waals surface area contributed by atoms with Crippen LogP contribution in [0.3, 0.4) is 0 Å². The molecule has 4 heterocycles. The molecule has 194 valence electrons. The Morgan fingerprint density at radius 2 is 1.89 bits per heavy atom. The lowest BCUT2D eigenvalue weighted by Crippen LogP contribution is -2.38. The van der Waals surface area contributed by atoms with E-state index in [4.69, 9.17) is 4.74 Å². The number of carbonyl (C=O) groups excluding carboxylic acids is 3. The van der Waals surface area contributed by atoms with E-state index in [9.17, 15) is 14.4 Å². The zero-order valence-corrected chi connectivity index (χ0v) is 21.8. The molecule has 1 fully saturated rings. The van der Waals surface area contributed by atoms with Crippen LogP contribution in [0.15, 0.2) is 72.5 Å². The SMILES string of the molecule is CCOC(=O)c1ncn2cc(C(=O)N3CCC(c4ccc(NC(=O)/C=C/c5cccs5)cc4)CC3)ccc12. The lowest BCUT2D eigenvalue weighted by atomic mass is 9.89. The Labute approximate surface area is 224 Å². The maximum absolute atomic E-state index is 13.2. The second-order valence-electron chi connectivity index (χ2n) is 9.05. The highest BCUT2D eigenvalue weighted by molar-refractivity contribution is 7.10. The van der Waals surface area contributed by atoms with Crippen LogP contribution in [-0.2, 0) is 9.53 Å². The molecule has 0 saturated carbocycles. The maximum atomic E-state index is 13.2. The van der Waals surface area contributed by atoms with E-state index in [0.717, 1.165) is 23.4 Å². The number of nitrogens with one attached hydrogen (secondary N) is 1. The predicted octanol–water partition coefficient (Wildman–Crippen LogP) is 5.24. The number of benzene rings is 1. The summed E-state index contributed by atoms with van der Waals surface area (Å²) in [4.78, 5) is 44.5. The van der Waals surface area contributed by atoms with Crippen LogP contribution < -0.4 is 5.32 Å². The summed E-state index contributed by atoms with van der Waals surface area (Å²) in [5.41, 5.74) is 3.36. The van der Waals surface area contributed by atoms with Gasteiger partial charge < -0.3 is 19.4 Å². The molecule has 8 nitrogen and oxygen atoms in total. The van der Waals surface area contributed by atoms with E-state index in [1.807, 2.05) is 34.5 Å². The predicted molar refractivity (Wildman–Crippen MR) is 147 cm³/mol. The molecule has 1 aromatic carbocycles. The van der Waals surface area contributed by atoms with Gasteiger partial charge in [0.05, 0.1) is 17.7 Å². The highest BCUT2D eigenvalue weighted by Gasteiger charge is 2.25. The van der Waals surface area contributed by atoms with Crippen molar-refractivity contribution in [2.45, 2.75) is 25.7 Å². The van der Waals surface area contributed by atoms with Crippen LogP contribution in [0.1, 0.15) is 57.0 Å². The summed E-state index contributed by atoms with van der Waals surface area (Å²) >= 11 is 1.58. The quantitative estimate of drug-likeness (QED) is 0.261. The lowest BCUT2D eigenvalue weighted by molar-refractivity contribution is -0.111. The Morgan fingerprint density at radius 1 is 1.11 bits per heavy atom. The average Bonchev–Trinajstić information content (AvgIpc) is 3.62. The van der Waals surface area contributed by atoms with Crippen LogP contribution in [0.5, 0.6) is 0 Å². The average molecular weight is 529 g/mol. The summed E-state index contributed by atoms with van der Waals surface area (Å²) < 4.78 is 6.73. The number of fused-ring (bicyclic) bond motifs is 1. The van der Waals surface area contributed by atoms with Crippen molar-refractivity contribution >= 4 is 46.4 Å². The van der Waals surface area contributed by atoms with E-state index in [1.54, 1.807) is 47.1 Å². The molecule has 4 aromatic rings. The molecule has 0 aliphatic carbocycles. The number of anilines is 1. The van der Waals surface area contributed by atoms with Gasteiger partial charge in [-0.2, -0.15) is 0 Å². The largest absolute Gasteiger partial charge is 0.461 e. The van der Waals surface area contributed by atoms with Gasteiger partial charge in [-0.3, -0.25) is 9.59 Å². The molecular formula is C29H28N4O4S. The summed E-state index contributed by atoms with van der Waals surface area (Å²) in [5.74, 6) is -0.322. The third-order valence-corrected chi connectivity index (χ3v) is 7.46. The van der Waals surface area contributed by atoms with Gasteiger partial charge in [-0.25, -0.2) is 9.78 Å². The first-order valence-electron chi connectivity index (χ1n) is 12.6. The number of hydrogen-bond donors (Lipinski definition) is 1. The Kier molecular flexibility index (Phi) is 7.65. The number of aromatic nitrogens is 2. The van der Waals surface area contributed by atoms with Crippen molar-refractivity contribution in [3.05, 3.63) is 94.2 Å². The van der Waals surface area contributed by atoms with Crippen LogP contribution >= 0.6 is 11.3 Å². The first-order chi connectivity index (χ1) is 18.5. The number of thiophene rings is 1. The van der Waals surface area contributed by atoms with Gasteiger partial charge in [0.2, 0.25) is 5.91 Å². The van der Waals surface area contributed by atoms with E-state index < -0.39 is 5.97 Å². The fraction of sp³-hybridized carbons (Fsp3) is 0.241. The minimum atomic E-state index is -0.474. The molecule has 0 atom stereocenters. The van der Waals surface area contributed by atoms with Gasteiger partial charge >= 0.3 is 5.97 Å². The van der Waals surface area contributed by atoms with Crippen LogP contribution in [0.2, 0.25) is 0 Å². The number of nitrogens with zero attached hydrogens (tertiary/aromatic N) is 3. The molecule has 1 N–H and O–H groups in total. The van der Waals surface area contributed by atoms with Gasteiger partial charge in [-0.15, -0.1) is 11.3 Å². The van der Waals surface area contributed by atoms with Crippen molar-refractivity contribution in [2.75, 3.05) is 25.0 Å². The van der Waals surface area contributed by atoms with Crippen molar-refractivity contribution in [3.8, 4) is 0 Å². The summed E-state index contributed by atoms with van der Waals surface area (Å²) in [6.07, 6.45) is 8.30. The molecule has 0 radical (unpaired) electrons. The lowest BCUT2D eigenvalue weighted by Gasteiger charge is -2.32. The van der Waals surface area contributed by atoms with E-state index in [-0.39, 0.29) is 24.1 Å². The van der Waals surface area contributed by atoms with Gasteiger partial charge in [0, 0.05) is 35.9 Å². The fourth-order valence-corrected chi connectivity index (χ4v) is 5.27. The molecule has 1 saturated heterocycles. The normalized spacial score (nSPS) is 14.2. The van der Waals surface area contributed by atoms with Gasteiger partial charge in [-0.1, -0.05) is 18.2 Å². The first kappa shape index (κ1) is 25.4. The van der Waals surface area contributed by atoms with E-state index >= 15 is 0 Å². The molecule has 1 aliphatic rings. The summed E-state index contributed by atoms with van der Waals surface area (Å²) in [6, 6.07) is 15.3. The molecule has 2 amide bonds. The molecule has 1 aliphatic heterocycles. The number of imidazole rings is 1. The molecule has 0 spiro atoms. The van der Waals surface area contributed by atoms with Gasteiger partial charge in [-0.05, 0) is 73.0 Å². The van der Waals surface area contributed by atoms with Crippen LogP contribution in [0, 0.1) is 0 Å². The summed E-state index contributed by atoms with van der Waals surface area (Å²) in [7, 11) is 0. The highest BCUT2D eigenvalue weighted by Crippen LogP contribution is 2.29. The monoisotopic (exact) mass is 528 g/mol. The van der Waals surface area contributed by atoms with Gasteiger partial charge in [0.25, 0.3) is 5.91 Å². The highest BCUT2D eigenvalue weighted by atomic mass is 32.1. The standard InChI is InChI=1S/C29H28N4O4S/c1-2-37-29(36)27-25-11-7-22(18-33(25)19-30-27)28(35)32-15-13-21(14-16-32)20-5-8-23(9-6-20)31-26(34)12-10-24-4-3-17-38-24/h3-12,17-19,21H,2,13-16H2,1H3,(H,31,34)/b12-10+. The van der Waals surface area contributed by atoms with Crippen LogP contribution in [-0.4, -0.2) is 51.8 Å². The van der Waals surface area contributed by atoms with Crippen molar-refractivity contribution in [2.24, 2.45) is 0 Å². The van der Waals surface area contributed by atoms with Crippen LogP contribution in [0.25, 0.3) is 11.6 Å². The van der Waals surface area contributed by atoms with Gasteiger partial charge in [0.15, 0.2) is 5.69 Å². The number of rotatable bonds is 7.